The van der Waals surface area contributed by atoms with Gasteiger partial charge in [0.1, 0.15) is 5.60 Å². The van der Waals surface area contributed by atoms with Crippen LogP contribution in [0.15, 0.2) is 11.8 Å². The van der Waals surface area contributed by atoms with Crippen molar-refractivity contribution in [2.45, 2.75) is 58.0 Å². The summed E-state index contributed by atoms with van der Waals surface area (Å²) in [6, 6.07) is 0. The van der Waals surface area contributed by atoms with Crippen LogP contribution in [0.2, 0.25) is 0 Å². The van der Waals surface area contributed by atoms with E-state index in [1.807, 2.05) is 6.26 Å². The predicted octanol–water partition coefficient (Wildman–Crippen LogP) is 3.01. The lowest BCUT2D eigenvalue weighted by Crippen LogP contribution is -2.37. The zero-order valence-corrected chi connectivity index (χ0v) is 9.38. The predicted molar refractivity (Wildman–Crippen MR) is 58.0 cm³/mol. The second-order valence-electron chi connectivity index (χ2n) is 4.24. The topological polar surface area (TPSA) is 29.5 Å². The minimum absolute atomic E-state index is 0.150. The number of aliphatic hydroxyl groups is 1. The molecule has 0 aromatic carbocycles. The van der Waals surface area contributed by atoms with Gasteiger partial charge in [0.25, 0.3) is 0 Å². The number of hydrogen-bond acceptors (Lipinski definition) is 2. The maximum absolute atomic E-state index is 9.33. The van der Waals surface area contributed by atoms with E-state index in [0.29, 0.717) is 0 Å². The highest BCUT2D eigenvalue weighted by Gasteiger charge is 2.32. The first-order valence-electron chi connectivity index (χ1n) is 5.73. The summed E-state index contributed by atoms with van der Waals surface area (Å²) in [5.74, 6) is 0. The lowest BCUT2D eigenvalue weighted by Gasteiger charge is -2.35. The molecule has 0 aliphatic carbocycles. The van der Waals surface area contributed by atoms with Gasteiger partial charge in [0.05, 0.1) is 12.9 Å². The Morgan fingerprint density at radius 2 is 2.21 bits per heavy atom. The van der Waals surface area contributed by atoms with Gasteiger partial charge in [-0.2, -0.15) is 0 Å². The molecule has 14 heavy (non-hydrogen) atoms. The van der Waals surface area contributed by atoms with Gasteiger partial charge in [0, 0.05) is 0 Å². The quantitative estimate of drug-likeness (QED) is 0.735. The number of ether oxygens (including phenoxy) is 1. The van der Waals surface area contributed by atoms with Crippen LogP contribution in [-0.4, -0.2) is 17.3 Å². The molecule has 82 valence electrons. The zero-order valence-electron chi connectivity index (χ0n) is 9.38. The van der Waals surface area contributed by atoms with Crippen LogP contribution in [0.4, 0.5) is 0 Å². The third-order valence-electron chi connectivity index (χ3n) is 2.94. The fraction of sp³-hybridized carbons (Fsp3) is 0.833. The van der Waals surface area contributed by atoms with Gasteiger partial charge in [0.2, 0.25) is 0 Å². The van der Waals surface area contributed by atoms with Crippen molar-refractivity contribution in [1.82, 2.24) is 0 Å². The Hall–Kier alpha value is -0.500. The maximum atomic E-state index is 9.33. The summed E-state index contributed by atoms with van der Waals surface area (Å²) in [6.07, 6.45) is 8.29. The van der Waals surface area contributed by atoms with Gasteiger partial charge in [-0.3, -0.25) is 0 Å². The average molecular weight is 198 g/mol. The molecule has 1 unspecified atom stereocenters. The monoisotopic (exact) mass is 198 g/mol. The smallest absolute Gasteiger partial charge is 0.131 e. The summed E-state index contributed by atoms with van der Waals surface area (Å²) in [5, 5.41) is 9.33. The normalized spacial score (nSPS) is 26.9. The molecule has 1 N–H and O–H groups in total. The second kappa shape index (κ2) is 5.40. The molecule has 1 aliphatic rings. The Balaban J connectivity index is 2.53. The first kappa shape index (κ1) is 11.6. The highest BCUT2D eigenvalue weighted by molar-refractivity contribution is 5.05. The first-order chi connectivity index (χ1) is 6.76. The van der Waals surface area contributed by atoms with Crippen molar-refractivity contribution in [2.24, 2.45) is 0 Å². The van der Waals surface area contributed by atoms with Crippen LogP contribution >= 0.6 is 0 Å². The van der Waals surface area contributed by atoms with Crippen molar-refractivity contribution in [3.8, 4) is 0 Å². The molecule has 0 aromatic rings. The summed E-state index contributed by atoms with van der Waals surface area (Å²) >= 11 is 0. The molecule has 1 heterocycles. The fourth-order valence-corrected chi connectivity index (χ4v) is 2.05. The zero-order chi connectivity index (χ0) is 10.4. The number of allylic oxidation sites excluding steroid dienone is 1. The molecule has 0 amide bonds. The Labute approximate surface area is 87.0 Å². The van der Waals surface area contributed by atoms with Crippen molar-refractivity contribution in [3.63, 3.8) is 0 Å². The average Bonchev–Trinajstić information content (AvgIpc) is 2.22. The third-order valence-corrected chi connectivity index (χ3v) is 2.94. The SMILES string of the molecule is CCCC1=COC(CO)(CCC)CC1. The van der Waals surface area contributed by atoms with E-state index in [4.69, 9.17) is 4.74 Å². The third kappa shape index (κ3) is 2.74. The van der Waals surface area contributed by atoms with Gasteiger partial charge in [-0.1, -0.05) is 26.7 Å². The van der Waals surface area contributed by atoms with Crippen LogP contribution in [0.3, 0.4) is 0 Å². The van der Waals surface area contributed by atoms with E-state index in [2.05, 4.69) is 13.8 Å². The van der Waals surface area contributed by atoms with Gasteiger partial charge >= 0.3 is 0 Å². The van der Waals surface area contributed by atoms with E-state index in [1.165, 1.54) is 12.0 Å². The van der Waals surface area contributed by atoms with E-state index in [9.17, 15) is 5.11 Å². The maximum Gasteiger partial charge on any atom is 0.131 e. The summed E-state index contributed by atoms with van der Waals surface area (Å²) in [5.41, 5.74) is 1.12. The van der Waals surface area contributed by atoms with Crippen molar-refractivity contribution < 1.29 is 9.84 Å². The largest absolute Gasteiger partial charge is 0.493 e. The number of hydrogen-bond donors (Lipinski definition) is 1. The first-order valence-corrected chi connectivity index (χ1v) is 5.73. The van der Waals surface area contributed by atoms with Crippen LogP contribution < -0.4 is 0 Å². The van der Waals surface area contributed by atoms with Crippen molar-refractivity contribution in [3.05, 3.63) is 11.8 Å². The lowest BCUT2D eigenvalue weighted by atomic mass is 9.88. The molecule has 0 saturated heterocycles. The molecule has 0 radical (unpaired) electrons. The van der Waals surface area contributed by atoms with Crippen LogP contribution in [-0.2, 0) is 4.74 Å². The van der Waals surface area contributed by atoms with E-state index < -0.39 is 0 Å². The Bertz CT molecular complexity index is 198. The molecule has 1 aliphatic heterocycles. The van der Waals surface area contributed by atoms with Crippen molar-refractivity contribution in [2.75, 3.05) is 6.61 Å². The van der Waals surface area contributed by atoms with Gasteiger partial charge in [-0.05, 0) is 31.3 Å². The van der Waals surface area contributed by atoms with Crippen molar-refractivity contribution in [1.29, 1.82) is 0 Å². The molecular formula is C12H22O2. The molecule has 0 aromatic heterocycles. The van der Waals surface area contributed by atoms with Gasteiger partial charge in [-0.25, -0.2) is 0 Å². The standard InChI is InChI=1S/C12H22O2/c1-3-5-11-6-8-12(10-13,7-4-2)14-9-11/h9,13H,3-8,10H2,1-2H3. The molecule has 0 fully saturated rings. The summed E-state index contributed by atoms with van der Waals surface area (Å²) < 4.78 is 5.71. The molecule has 1 rings (SSSR count). The second-order valence-corrected chi connectivity index (χ2v) is 4.24. The van der Waals surface area contributed by atoms with Crippen LogP contribution in [0.5, 0.6) is 0 Å². The van der Waals surface area contributed by atoms with Crippen LogP contribution in [0, 0.1) is 0 Å². The minimum atomic E-state index is -0.272. The summed E-state index contributed by atoms with van der Waals surface area (Å²) in [4.78, 5) is 0. The number of aliphatic hydroxyl groups excluding tert-OH is 1. The van der Waals surface area contributed by atoms with Crippen LogP contribution in [0.25, 0.3) is 0 Å². The molecule has 0 saturated carbocycles. The molecule has 0 bridgehead atoms. The molecule has 1 atom stereocenters. The Kier molecular flexibility index (Phi) is 4.46. The van der Waals surface area contributed by atoms with E-state index >= 15 is 0 Å². The van der Waals surface area contributed by atoms with E-state index in [0.717, 1.165) is 32.1 Å². The lowest BCUT2D eigenvalue weighted by molar-refractivity contribution is -0.0499. The van der Waals surface area contributed by atoms with E-state index in [1.54, 1.807) is 0 Å². The van der Waals surface area contributed by atoms with E-state index in [-0.39, 0.29) is 12.2 Å². The molecule has 0 spiro atoms. The van der Waals surface area contributed by atoms with Gasteiger partial charge in [0.15, 0.2) is 0 Å². The Morgan fingerprint density at radius 1 is 1.43 bits per heavy atom. The summed E-state index contributed by atoms with van der Waals surface area (Å²) in [7, 11) is 0. The van der Waals surface area contributed by atoms with Gasteiger partial charge in [-0.15, -0.1) is 0 Å². The molecule has 2 nitrogen and oxygen atoms in total. The number of rotatable bonds is 5. The van der Waals surface area contributed by atoms with Crippen LogP contribution in [0.1, 0.15) is 52.4 Å². The molecular weight excluding hydrogens is 176 g/mol. The Morgan fingerprint density at radius 3 is 2.64 bits per heavy atom. The molecule has 2 heteroatoms. The highest BCUT2D eigenvalue weighted by atomic mass is 16.5. The minimum Gasteiger partial charge on any atom is -0.493 e. The van der Waals surface area contributed by atoms with Crippen molar-refractivity contribution >= 4 is 0 Å². The summed E-state index contributed by atoms with van der Waals surface area (Å²) in [6.45, 7) is 4.46. The van der Waals surface area contributed by atoms with Gasteiger partial charge < -0.3 is 9.84 Å². The fourth-order valence-electron chi connectivity index (χ4n) is 2.05. The highest BCUT2D eigenvalue weighted by Crippen LogP contribution is 2.32.